The smallest absolute Gasteiger partial charge is 0.363 e. The topological polar surface area (TPSA) is 116 Å². The van der Waals surface area contributed by atoms with Crippen LogP contribution in [0.1, 0.15) is 15.9 Å². The van der Waals surface area contributed by atoms with E-state index in [1.54, 1.807) is 0 Å². The zero-order valence-corrected chi connectivity index (χ0v) is 11.2. The molecule has 0 saturated heterocycles. The minimum Gasteiger partial charge on any atom is -0.421 e. The molecule has 1 aromatic carbocycles. The van der Waals surface area contributed by atoms with E-state index in [9.17, 15) is 19.6 Å². The Morgan fingerprint density at radius 2 is 1.95 bits per heavy atom. The molecule has 0 spiro atoms. The molecule has 0 radical (unpaired) electrons. The summed E-state index contributed by atoms with van der Waals surface area (Å²) in [5.41, 5.74) is -1.63. The van der Waals surface area contributed by atoms with Gasteiger partial charge >= 0.3 is 11.2 Å². The van der Waals surface area contributed by atoms with Crippen LogP contribution in [0.25, 0.3) is 0 Å². The summed E-state index contributed by atoms with van der Waals surface area (Å²) < 4.78 is -0.141. The molecule has 2 aromatic rings. The van der Waals surface area contributed by atoms with Crippen LogP contribution in [0.5, 0.6) is 0 Å². The summed E-state index contributed by atoms with van der Waals surface area (Å²) in [5.74, 6) is -0.756. The maximum Gasteiger partial charge on any atom is 0.363 e. The minimum absolute atomic E-state index is 0.0548. The second-order valence-electron chi connectivity index (χ2n) is 4.22. The molecule has 0 fully saturated rings. The van der Waals surface area contributed by atoms with Crippen LogP contribution in [0.15, 0.2) is 39.9 Å². The van der Waals surface area contributed by atoms with Gasteiger partial charge in [0.15, 0.2) is 0 Å². The Morgan fingerprint density at radius 3 is 2.57 bits per heavy atom. The van der Waals surface area contributed by atoms with Crippen LogP contribution in [0.3, 0.4) is 0 Å². The highest BCUT2D eigenvalue weighted by atomic mass is 16.5. The van der Waals surface area contributed by atoms with Crippen LogP contribution in [0.2, 0.25) is 0 Å². The third-order valence-corrected chi connectivity index (χ3v) is 2.85. The number of benzene rings is 1. The number of nitrogens with zero attached hydrogens (tertiary/aromatic N) is 1. The third kappa shape index (κ3) is 2.94. The second kappa shape index (κ2) is 5.95. The van der Waals surface area contributed by atoms with E-state index in [0.717, 1.165) is 5.56 Å². The van der Waals surface area contributed by atoms with Gasteiger partial charge in [0, 0.05) is 13.6 Å². The van der Waals surface area contributed by atoms with Crippen LogP contribution < -0.4 is 21.9 Å². The highest BCUT2D eigenvalue weighted by molar-refractivity contribution is 5.98. The van der Waals surface area contributed by atoms with Gasteiger partial charge in [-0.05, 0) is 5.56 Å². The summed E-state index contributed by atoms with van der Waals surface area (Å²) in [5, 5.41) is 14.4. The predicted octanol–water partition coefficient (Wildman–Crippen LogP) is -0.254. The van der Waals surface area contributed by atoms with E-state index in [2.05, 4.69) is 15.6 Å². The number of hydrogen-bond acceptors (Lipinski definition) is 5. The number of H-pyrrole nitrogens is 1. The molecule has 4 N–H and O–H groups in total. The number of anilines is 1. The lowest BCUT2D eigenvalue weighted by atomic mass is 10.2. The van der Waals surface area contributed by atoms with Crippen molar-refractivity contribution in [2.24, 2.45) is 0 Å². The highest BCUT2D eigenvalue weighted by Gasteiger charge is 2.19. The van der Waals surface area contributed by atoms with E-state index in [-0.39, 0.29) is 22.7 Å². The standard InChI is InChI=1S/C13H14N4O4/c1-14-10-9(12(19)17(21)13(20)16-10)11(18)15-7-8-5-3-2-4-6-8/h2-6,14,21H,7H2,1H3,(H,15,18)(H,16,20). The van der Waals surface area contributed by atoms with Gasteiger partial charge in [-0.3, -0.25) is 14.6 Å². The first-order chi connectivity index (χ1) is 10.0. The van der Waals surface area contributed by atoms with Crippen LogP contribution in [-0.2, 0) is 6.54 Å². The Morgan fingerprint density at radius 1 is 1.29 bits per heavy atom. The lowest BCUT2D eigenvalue weighted by Gasteiger charge is -2.09. The minimum atomic E-state index is -1.09. The first-order valence-electron chi connectivity index (χ1n) is 6.13. The number of hydrogen-bond donors (Lipinski definition) is 4. The lowest BCUT2D eigenvalue weighted by molar-refractivity contribution is 0.0940. The van der Waals surface area contributed by atoms with E-state index >= 15 is 0 Å². The van der Waals surface area contributed by atoms with Crippen LogP contribution in [0.4, 0.5) is 5.82 Å². The fourth-order valence-corrected chi connectivity index (χ4v) is 1.79. The molecule has 2 rings (SSSR count). The van der Waals surface area contributed by atoms with Crippen molar-refractivity contribution in [3.8, 4) is 0 Å². The monoisotopic (exact) mass is 290 g/mol. The molecule has 21 heavy (non-hydrogen) atoms. The van der Waals surface area contributed by atoms with Crippen LogP contribution >= 0.6 is 0 Å². The lowest BCUT2D eigenvalue weighted by Crippen LogP contribution is -2.40. The van der Waals surface area contributed by atoms with Crippen molar-refractivity contribution < 1.29 is 10.0 Å². The van der Waals surface area contributed by atoms with Crippen LogP contribution in [0, 0.1) is 0 Å². The highest BCUT2D eigenvalue weighted by Crippen LogP contribution is 2.04. The fourth-order valence-electron chi connectivity index (χ4n) is 1.79. The maximum atomic E-state index is 12.1. The number of amides is 1. The molecule has 0 unspecified atom stereocenters. The third-order valence-electron chi connectivity index (χ3n) is 2.85. The van der Waals surface area contributed by atoms with Crippen molar-refractivity contribution in [1.29, 1.82) is 0 Å². The molecule has 0 atom stereocenters. The summed E-state index contributed by atoms with van der Waals surface area (Å²) in [6.07, 6.45) is 0. The van der Waals surface area contributed by atoms with Crippen molar-refractivity contribution in [1.82, 2.24) is 15.0 Å². The fraction of sp³-hybridized carbons (Fsp3) is 0.154. The Bertz CT molecular complexity index is 764. The number of nitrogens with one attached hydrogen (secondary N) is 3. The Labute approximate surface area is 119 Å². The number of carbonyl (C=O) groups is 1. The summed E-state index contributed by atoms with van der Waals surface area (Å²) >= 11 is 0. The summed E-state index contributed by atoms with van der Waals surface area (Å²) in [6.45, 7) is 0.215. The molecule has 0 aliphatic heterocycles. The SMILES string of the molecule is CNc1[nH]c(=O)n(O)c(=O)c1C(=O)NCc1ccccc1. The van der Waals surface area contributed by atoms with Crippen molar-refractivity contribution >= 4 is 11.7 Å². The molecule has 110 valence electrons. The molecular weight excluding hydrogens is 276 g/mol. The van der Waals surface area contributed by atoms with Gasteiger partial charge in [-0.2, -0.15) is 0 Å². The molecule has 0 aliphatic rings. The van der Waals surface area contributed by atoms with Gasteiger partial charge in [-0.15, -0.1) is 0 Å². The maximum absolute atomic E-state index is 12.1. The number of rotatable bonds is 4. The normalized spacial score (nSPS) is 10.1. The molecule has 1 aromatic heterocycles. The van der Waals surface area contributed by atoms with Crippen molar-refractivity contribution in [3.63, 3.8) is 0 Å². The van der Waals surface area contributed by atoms with E-state index < -0.39 is 17.2 Å². The number of aromatic nitrogens is 2. The molecule has 1 heterocycles. The average molecular weight is 290 g/mol. The molecule has 8 heteroatoms. The van der Waals surface area contributed by atoms with E-state index in [1.165, 1.54) is 7.05 Å². The summed E-state index contributed by atoms with van der Waals surface area (Å²) in [6, 6.07) is 9.12. The van der Waals surface area contributed by atoms with Gasteiger partial charge < -0.3 is 15.8 Å². The van der Waals surface area contributed by atoms with Gasteiger partial charge in [0.1, 0.15) is 11.4 Å². The van der Waals surface area contributed by atoms with Gasteiger partial charge in [0.2, 0.25) is 0 Å². The number of aromatic amines is 1. The quantitative estimate of drug-likeness (QED) is 0.579. The Balaban J connectivity index is 2.29. The first-order valence-corrected chi connectivity index (χ1v) is 6.13. The zero-order chi connectivity index (χ0) is 15.4. The molecular formula is C13H14N4O4. The largest absolute Gasteiger partial charge is 0.421 e. The van der Waals surface area contributed by atoms with E-state index in [4.69, 9.17) is 0 Å². The van der Waals surface area contributed by atoms with Gasteiger partial charge in [0.25, 0.3) is 5.91 Å². The van der Waals surface area contributed by atoms with Crippen molar-refractivity contribution in [3.05, 3.63) is 62.3 Å². The van der Waals surface area contributed by atoms with Crippen LogP contribution in [-0.4, -0.2) is 27.9 Å². The summed E-state index contributed by atoms with van der Waals surface area (Å²) in [7, 11) is 1.44. The van der Waals surface area contributed by atoms with E-state index in [0.29, 0.717) is 0 Å². The predicted molar refractivity (Wildman–Crippen MR) is 75.7 cm³/mol. The Hall–Kier alpha value is -3.03. The Kier molecular flexibility index (Phi) is 4.07. The molecule has 0 aliphatic carbocycles. The molecule has 1 amide bonds. The van der Waals surface area contributed by atoms with Crippen molar-refractivity contribution in [2.75, 3.05) is 12.4 Å². The molecule has 8 nitrogen and oxygen atoms in total. The summed E-state index contributed by atoms with van der Waals surface area (Å²) in [4.78, 5) is 37.4. The average Bonchev–Trinajstić information content (AvgIpc) is 2.51. The van der Waals surface area contributed by atoms with Gasteiger partial charge in [-0.25, -0.2) is 4.79 Å². The second-order valence-corrected chi connectivity index (χ2v) is 4.22. The molecule has 0 bridgehead atoms. The van der Waals surface area contributed by atoms with Crippen molar-refractivity contribution in [2.45, 2.75) is 6.54 Å². The van der Waals surface area contributed by atoms with E-state index in [1.807, 2.05) is 30.3 Å². The van der Waals surface area contributed by atoms with Gasteiger partial charge in [-0.1, -0.05) is 35.1 Å². The zero-order valence-electron chi connectivity index (χ0n) is 11.2. The first kappa shape index (κ1) is 14.4. The number of carbonyl (C=O) groups excluding carboxylic acids is 1. The molecule has 0 saturated carbocycles. The van der Waals surface area contributed by atoms with Gasteiger partial charge in [0.05, 0.1) is 0 Å².